The Morgan fingerprint density at radius 3 is 2.61 bits per heavy atom. The topological polar surface area (TPSA) is 102 Å². The molecular formula is C14H17N7O2. The van der Waals surface area contributed by atoms with E-state index < -0.39 is 11.0 Å². The number of hydrogen-bond donors (Lipinski definition) is 1. The molecule has 1 aliphatic heterocycles. The maximum Gasteiger partial charge on any atom is 0.291 e. The molecule has 1 aliphatic rings. The molecule has 3 rings (SSSR count). The van der Waals surface area contributed by atoms with Crippen molar-refractivity contribution in [2.45, 2.75) is 19.9 Å². The van der Waals surface area contributed by atoms with Gasteiger partial charge in [0.1, 0.15) is 0 Å². The molecule has 0 fully saturated rings. The van der Waals surface area contributed by atoms with Crippen LogP contribution in [0, 0.1) is 10.1 Å². The summed E-state index contributed by atoms with van der Waals surface area (Å²) in [7, 11) is 0. The van der Waals surface area contributed by atoms with Crippen LogP contribution < -0.4 is 10.2 Å². The van der Waals surface area contributed by atoms with Crippen molar-refractivity contribution in [1.82, 2.24) is 20.2 Å². The molecule has 9 heteroatoms. The summed E-state index contributed by atoms with van der Waals surface area (Å²) < 4.78 is 1.42. The second-order valence-corrected chi connectivity index (χ2v) is 5.08. The van der Waals surface area contributed by atoms with Crippen LogP contribution in [-0.2, 0) is 0 Å². The van der Waals surface area contributed by atoms with Crippen LogP contribution in [0.25, 0.3) is 0 Å². The molecule has 1 N–H and O–H groups in total. The van der Waals surface area contributed by atoms with Crippen LogP contribution in [0.5, 0.6) is 0 Å². The maximum atomic E-state index is 11.3. The molecule has 1 aromatic carbocycles. The smallest absolute Gasteiger partial charge is 0.291 e. The number of nitrogens with zero attached hydrogens (tertiary/aromatic N) is 6. The lowest BCUT2D eigenvalue weighted by Gasteiger charge is -2.23. The van der Waals surface area contributed by atoms with Crippen molar-refractivity contribution in [2.24, 2.45) is 0 Å². The van der Waals surface area contributed by atoms with Gasteiger partial charge in [0.05, 0.1) is 11.1 Å². The number of allylic oxidation sites excluding steroid dienone is 1. The minimum Gasteiger partial charge on any atom is -0.372 e. The zero-order valence-corrected chi connectivity index (χ0v) is 12.9. The first-order valence-corrected chi connectivity index (χ1v) is 7.39. The average molecular weight is 315 g/mol. The summed E-state index contributed by atoms with van der Waals surface area (Å²) in [6.07, 6.45) is 1.34. The molecule has 0 spiro atoms. The van der Waals surface area contributed by atoms with Gasteiger partial charge in [-0.2, -0.15) is 4.68 Å². The number of anilines is 2. The zero-order chi connectivity index (χ0) is 16.4. The third-order valence-electron chi connectivity index (χ3n) is 3.91. The number of nitrogens with one attached hydrogen (secondary N) is 1. The van der Waals surface area contributed by atoms with Crippen LogP contribution >= 0.6 is 0 Å². The Kier molecular flexibility index (Phi) is 3.92. The summed E-state index contributed by atoms with van der Waals surface area (Å²) in [6, 6.07) is 7.04. The third-order valence-corrected chi connectivity index (χ3v) is 3.91. The van der Waals surface area contributed by atoms with Gasteiger partial charge in [-0.25, -0.2) is 0 Å². The molecule has 0 radical (unpaired) electrons. The Morgan fingerprint density at radius 1 is 1.30 bits per heavy atom. The minimum absolute atomic E-state index is 0.000360. The highest BCUT2D eigenvalue weighted by Gasteiger charge is 2.35. The largest absolute Gasteiger partial charge is 0.372 e. The standard InChI is InChI=1S/C14H17N7O2/c1-3-19(4-2)11-7-5-10(6-8-11)13-12(21(22)23)9-15-14-16-17-18-20(13)14/h5-9,13H,3-4H2,1-2H3,(H,15,16,18)/t13-/m1/s1. The zero-order valence-electron chi connectivity index (χ0n) is 12.9. The lowest BCUT2D eigenvalue weighted by molar-refractivity contribution is -0.431. The van der Waals surface area contributed by atoms with Gasteiger partial charge < -0.3 is 10.2 Å². The quantitative estimate of drug-likeness (QED) is 0.661. The van der Waals surface area contributed by atoms with Gasteiger partial charge in [-0.3, -0.25) is 10.1 Å². The summed E-state index contributed by atoms with van der Waals surface area (Å²) in [4.78, 5) is 13.1. The van der Waals surface area contributed by atoms with E-state index in [0.29, 0.717) is 5.95 Å². The lowest BCUT2D eigenvalue weighted by Crippen LogP contribution is -2.26. The molecule has 2 aromatic rings. The summed E-state index contributed by atoms with van der Waals surface area (Å²) in [6.45, 7) is 5.98. The van der Waals surface area contributed by atoms with Gasteiger partial charge in [0.2, 0.25) is 5.95 Å². The van der Waals surface area contributed by atoms with Gasteiger partial charge in [-0.05, 0) is 42.0 Å². The monoisotopic (exact) mass is 315 g/mol. The number of benzene rings is 1. The summed E-state index contributed by atoms with van der Waals surface area (Å²) in [5.74, 6) is 0.383. The predicted octanol–water partition coefficient (Wildman–Crippen LogP) is 1.65. The number of tetrazole rings is 1. The van der Waals surface area contributed by atoms with E-state index in [4.69, 9.17) is 0 Å². The SMILES string of the molecule is CCN(CC)c1ccc([C@@H]2C([N+](=O)[O-])=CNc3nnnn32)cc1. The third kappa shape index (κ3) is 2.60. The number of rotatable bonds is 5. The van der Waals surface area contributed by atoms with Gasteiger partial charge in [0.25, 0.3) is 5.70 Å². The highest BCUT2D eigenvalue weighted by molar-refractivity contribution is 5.49. The van der Waals surface area contributed by atoms with Crippen molar-refractivity contribution >= 4 is 11.6 Å². The van der Waals surface area contributed by atoms with Crippen molar-refractivity contribution in [2.75, 3.05) is 23.3 Å². The normalized spacial score (nSPS) is 16.3. The van der Waals surface area contributed by atoms with E-state index in [2.05, 4.69) is 39.6 Å². The predicted molar refractivity (Wildman–Crippen MR) is 84.7 cm³/mol. The molecule has 0 amide bonds. The molecule has 0 unspecified atom stereocenters. The fourth-order valence-corrected chi connectivity index (χ4v) is 2.73. The molecule has 2 heterocycles. The van der Waals surface area contributed by atoms with Crippen molar-refractivity contribution in [3.05, 3.63) is 51.8 Å². The van der Waals surface area contributed by atoms with Crippen LogP contribution in [-0.4, -0.2) is 38.2 Å². The number of nitro groups is 1. The second kappa shape index (κ2) is 6.03. The molecule has 0 saturated heterocycles. The van der Waals surface area contributed by atoms with Crippen LogP contribution in [0.3, 0.4) is 0 Å². The Hall–Kier alpha value is -2.97. The van der Waals surface area contributed by atoms with E-state index in [9.17, 15) is 10.1 Å². The highest BCUT2D eigenvalue weighted by atomic mass is 16.6. The molecule has 1 atom stereocenters. The molecule has 0 saturated carbocycles. The Bertz CT molecular complexity index is 734. The van der Waals surface area contributed by atoms with Crippen LogP contribution in [0.2, 0.25) is 0 Å². The molecule has 9 nitrogen and oxygen atoms in total. The van der Waals surface area contributed by atoms with Gasteiger partial charge in [-0.1, -0.05) is 17.2 Å². The number of fused-ring (bicyclic) bond motifs is 1. The summed E-state index contributed by atoms with van der Waals surface area (Å²) in [5.41, 5.74) is 1.84. The molecule has 1 aromatic heterocycles. The van der Waals surface area contributed by atoms with E-state index >= 15 is 0 Å². The molecule has 0 bridgehead atoms. The van der Waals surface area contributed by atoms with Crippen molar-refractivity contribution in [3.8, 4) is 0 Å². The van der Waals surface area contributed by atoms with Gasteiger partial charge in [0.15, 0.2) is 6.04 Å². The first-order valence-electron chi connectivity index (χ1n) is 7.39. The van der Waals surface area contributed by atoms with Crippen molar-refractivity contribution < 1.29 is 4.92 Å². The maximum absolute atomic E-state index is 11.3. The minimum atomic E-state index is -0.651. The van der Waals surface area contributed by atoms with Crippen LogP contribution in [0.1, 0.15) is 25.5 Å². The van der Waals surface area contributed by atoms with Crippen molar-refractivity contribution in [3.63, 3.8) is 0 Å². The van der Waals surface area contributed by atoms with Crippen LogP contribution in [0.4, 0.5) is 11.6 Å². The van der Waals surface area contributed by atoms with Gasteiger partial charge in [0, 0.05) is 18.8 Å². The Labute approximate surface area is 132 Å². The Morgan fingerprint density at radius 2 is 2.00 bits per heavy atom. The van der Waals surface area contributed by atoms with E-state index in [1.54, 1.807) is 0 Å². The Balaban J connectivity index is 1.99. The number of aromatic nitrogens is 4. The highest BCUT2D eigenvalue weighted by Crippen LogP contribution is 2.32. The summed E-state index contributed by atoms with van der Waals surface area (Å²) in [5, 5.41) is 25.4. The van der Waals surface area contributed by atoms with E-state index in [0.717, 1.165) is 24.3 Å². The first-order chi connectivity index (χ1) is 11.2. The van der Waals surface area contributed by atoms with Gasteiger partial charge in [-0.15, -0.1) is 0 Å². The van der Waals surface area contributed by atoms with E-state index in [1.165, 1.54) is 10.9 Å². The van der Waals surface area contributed by atoms with E-state index in [-0.39, 0.29) is 5.70 Å². The second-order valence-electron chi connectivity index (χ2n) is 5.08. The number of hydrogen-bond acceptors (Lipinski definition) is 7. The fourth-order valence-electron chi connectivity index (χ4n) is 2.73. The lowest BCUT2D eigenvalue weighted by atomic mass is 10.0. The molecular weight excluding hydrogens is 298 g/mol. The summed E-state index contributed by atoms with van der Waals surface area (Å²) >= 11 is 0. The fraction of sp³-hybridized carbons (Fsp3) is 0.357. The molecule has 23 heavy (non-hydrogen) atoms. The average Bonchev–Trinajstić information content (AvgIpc) is 3.04. The van der Waals surface area contributed by atoms with Crippen molar-refractivity contribution in [1.29, 1.82) is 0 Å². The van der Waals surface area contributed by atoms with Crippen LogP contribution in [0.15, 0.2) is 36.2 Å². The molecule has 120 valence electrons. The van der Waals surface area contributed by atoms with E-state index in [1.807, 2.05) is 24.3 Å². The molecule has 0 aliphatic carbocycles. The van der Waals surface area contributed by atoms with Gasteiger partial charge >= 0.3 is 0 Å². The first kappa shape index (κ1) is 14.9.